The van der Waals surface area contributed by atoms with E-state index in [1.165, 1.54) is 0 Å². The van der Waals surface area contributed by atoms with Crippen molar-refractivity contribution in [1.82, 2.24) is 4.98 Å². The van der Waals surface area contributed by atoms with Crippen LogP contribution in [0.2, 0.25) is 0 Å². The third-order valence-electron chi connectivity index (χ3n) is 3.11. The second-order valence-electron chi connectivity index (χ2n) is 4.75. The van der Waals surface area contributed by atoms with E-state index in [-0.39, 0.29) is 5.91 Å². The van der Waals surface area contributed by atoms with Crippen LogP contribution >= 0.6 is 22.6 Å². The normalized spacial score (nSPS) is 10.5. The summed E-state index contributed by atoms with van der Waals surface area (Å²) in [6, 6.07) is 17.1. The Bertz CT molecular complexity index is 813. The molecular weight excluding hydrogens is 391 g/mol. The maximum atomic E-state index is 12.4. The van der Waals surface area contributed by atoms with Gasteiger partial charge in [-0.15, -0.1) is 0 Å². The van der Waals surface area contributed by atoms with Crippen molar-refractivity contribution in [1.29, 1.82) is 0 Å². The van der Waals surface area contributed by atoms with E-state index in [0.29, 0.717) is 17.3 Å². The van der Waals surface area contributed by atoms with Crippen LogP contribution in [-0.2, 0) is 0 Å². The van der Waals surface area contributed by atoms with Gasteiger partial charge in [-0.25, -0.2) is 4.98 Å². The van der Waals surface area contributed by atoms with Crippen molar-refractivity contribution < 1.29 is 9.21 Å². The number of nitrogens with one attached hydrogen (secondary N) is 1. The number of carbonyl (C=O) groups excluding carboxylic acids is 1. The number of benzene rings is 2. The second-order valence-corrected chi connectivity index (χ2v) is 6.00. The maximum Gasteiger partial charge on any atom is 0.277 e. The molecule has 0 radical (unpaired) electrons. The molecule has 0 aliphatic rings. The standard InChI is InChI=1S/C17H13IN2O2/c1-11-15(16(21)19-14-9-5-8-13(18)10-14)20-17(22-11)12-6-3-2-4-7-12/h2-10H,1H3,(H,19,21). The van der Waals surface area contributed by atoms with Crippen LogP contribution in [0.1, 0.15) is 16.2 Å². The number of aromatic nitrogens is 1. The van der Waals surface area contributed by atoms with Crippen LogP contribution in [-0.4, -0.2) is 10.9 Å². The zero-order valence-corrected chi connectivity index (χ0v) is 14.0. The third kappa shape index (κ3) is 3.19. The van der Waals surface area contributed by atoms with Crippen LogP contribution in [0.15, 0.2) is 59.0 Å². The van der Waals surface area contributed by atoms with Gasteiger partial charge in [0.15, 0.2) is 5.69 Å². The molecule has 0 atom stereocenters. The maximum absolute atomic E-state index is 12.4. The molecule has 1 N–H and O–H groups in total. The van der Waals surface area contributed by atoms with E-state index in [9.17, 15) is 4.79 Å². The minimum Gasteiger partial charge on any atom is -0.441 e. The number of hydrogen-bond donors (Lipinski definition) is 1. The van der Waals surface area contributed by atoms with Gasteiger partial charge in [0, 0.05) is 14.8 Å². The number of halogens is 1. The Balaban J connectivity index is 1.86. The Hall–Kier alpha value is -2.15. The number of anilines is 1. The number of oxazole rings is 1. The molecule has 22 heavy (non-hydrogen) atoms. The Kier molecular flexibility index (Phi) is 4.24. The number of amides is 1. The third-order valence-corrected chi connectivity index (χ3v) is 3.79. The lowest BCUT2D eigenvalue weighted by atomic mass is 10.2. The molecule has 0 spiro atoms. The minimum absolute atomic E-state index is 0.273. The second kappa shape index (κ2) is 6.31. The summed E-state index contributed by atoms with van der Waals surface area (Å²) in [7, 11) is 0. The SMILES string of the molecule is Cc1oc(-c2ccccc2)nc1C(=O)Nc1cccc(I)c1. The fourth-order valence-corrected chi connectivity index (χ4v) is 2.61. The molecule has 0 fully saturated rings. The van der Waals surface area contributed by atoms with Gasteiger partial charge in [-0.2, -0.15) is 0 Å². The molecule has 1 aromatic heterocycles. The van der Waals surface area contributed by atoms with Crippen molar-refractivity contribution in [3.05, 3.63) is 69.6 Å². The molecule has 110 valence electrons. The van der Waals surface area contributed by atoms with Crippen molar-refractivity contribution in [2.45, 2.75) is 6.92 Å². The van der Waals surface area contributed by atoms with Gasteiger partial charge in [0.05, 0.1) is 0 Å². The van der Waals surface area contributed by atoms with Crippen molar-refractivity contribution in [3.8, 4) is 11.5 Å². The molecule has 1 amide bonds. The van der Waals surface area contributed by atoms with E-state index in [1.54, 1.807) is 6.92 Å². The topological polar surface area (TPSA) is 55.1 Å². The van der Waals surface area contributed by atoms with Crippen LogP contribution in [0, 0.1) is 10.5 Å². The van der Waals surface area contributed by atoms with Crippen LogP contribution in [0.5, 0.6) is 0 Å². The Morgan fingerprint density at radius 3 is 2.64 bits per heavy atom. The van der Waals surface area contributed by atoms with Crippen molar-refractivity contribution in [2.75, 3.05) is 5.32 Å². The van der Waals surface area contributed by atoms with Crippen molar-refractivity contribution >= 4 is 34.2 Å². The number of hydrogen-bond acceptors (Lipinski definition) is 3. The molecule has 0 saturated carbocycles. The summed E-state index contributed by atoms with van der Waals surface area (Å²) in [5.41, 5.74) is 1.89. The van der Waals surface area contributed by atoms with Crippen LogP contribution < -0.4 is 5.32 Å². The predicted octanol–water partition coefficient (Wildman–Crippen LogP) is 4.51. The molecule has 4 nitrogen and oxygen atoms in total. The van der Waals surface area contributed by atoms with E-state index < -0.39 is 0 Å². The summed E-state index contributed by atoms with van der Waals surface area (Å²) in [5.74, 6) is 0.679. The zero-order valence-electron chi connectivity index (χ0n) is 11.8. The highest BCUT2D eigenvalue weighted by molar-refractivity contribution is 14.1. The van der Waals surface area contributed by atoms with E-state index in [0.717, 1.165) is 14.8 Å². The van der Waals surface area contributed by atoms with Crippen LogP contribution in [0.25, 0.3) is 11.5 Å². The first-order valence-corrected chi connectivity index (χ1v) is 7.81. The summed E-state index contributed by atoms with van der Waals surface area (Å²) >= 11 is 2.20. The number of aryl methyl sites for hydroxylation is 1. The van der Waals surface area contributed by atoms with Crippen molar-refractivity contribution in [3.63, 3.8) is 0 Å². The molecule has 3 aromatic rings. The molecule has 0 unspecified atom stereocenters. The van der Waals surface area contributed by atoms with E-state index in [1.807, 2.05) is 54.6 Å². The predicted molar refractivity (Wildman–Crippen MR) is 93.8 cm³/mol. The number of nitrogens with zero attached hydrogens (tertiary/aromatic N) is 1. The van der Waals surface area contributed by atoms with Crippen LogP contribution in [0.4, 0.5) is 5.69 Å². The quantitative estimate of drug-likeness (QED) is 0.654. The van der Waals surface area contributed by atoms with Gasteiger partial charge in [0.25, 0.3) is 5.91 Å². The van der Waals surface area contributed by atoms with Crippen LogP contribution in [0.3, 0.4) is 0 Å². The number of carbonyl (C=O) groups is 1. The highest BCUT2D eigenvalue weighted by atomic mass is 127. The summed E-state index contributed by atoms with van der Waals surface area (Å²) < 4.78 is 6.66. The monoisotopic (exact) mass is 404 g/mol. The van der Waals surface area contributed by atoms with Gasteiger partial charge < -0.3 is 9.73 Å². The lowest BCUT2D eigenvalue weighted by Crippen LogP contribution is -2.13. The fourth-order valence-electron chi connectivity index (χ4n) is 2.07. The molecule has 3 rings (SSSR count). The fraction of sp³-hybridized carbons (Fsp3) is 0.0588. The highest BCUT2D eigenvalue weighted by Crippen LogP contribution is 2.22. The van der Waals surface area contributed by atoms with E-state index in [4.69, 9.17) is 4.42 Å². The lowest BCUT2D eigenvalue weighted by Gasteiger charge is -2.03. The molecule has 0 aliphatic carbocycles. The first-order valence-electron chi connectivity index (χ1n) is 6.73. The van der Waals surface area contributed by atoms with Gasteiger partial charge in [-0.3, -0.25) is 4.79 Å². The first-order chi connectivity index (χ1) is 10.6. The molecule has 0 bridgehead atoms. The van der Waals surface area contributed by atoms with E-state index >= 15 is 0 Å². The van der Waals surface area contributed by atoms with Crippen molar-refractivity contribution in [2.24, 2.45) is 0 Å². The van der Waals surface area contributed by atoms with Gasteiger partial charge in [0.2, 0.25) is 5.89 Å². The Labute approximate surface area is 141 Å². The molecule has 0 saturated heterocycles. The minimum atomic E-state index is -0.273. The summed E-state index contributed by atoms with van der Waals surface area (Å²) in [6.07, 6.45) is 0. The summed E-state index contributed by atoms with van der Waals surface area (Å²) in [6.45, 7) is 1.74. The van der Waals surface area contributed by atoms with Gasteiger partial charge in [-0.1, -0.05) is 24.3 Å². The summed E-state index contributed by atoms with van der Waals surface area (Å²) in [5, 5.41) is 2.84. The molecule has 0 aliphatic heterocycles. The molecule has 1 heterocycles. The Morgan fingerprint density at radius 2 is 1.91 bits per heavy atom. The van der Waals surface area contributed by atoms with Gasteiger partial charge in [0.1, 0.15) is 5.76 Å². The average Bonchev–Trinajstić information content (AvgIpc) is 2.90. The molecule has 2 aromatic carbocycles. The molecular formula is C17H13IN2O2. The Morgan fingerprint density at radius 1 is 1.14 bits per heavy atom. The first kappa shape index (κ1) is 14.8. The molecule has 5 heteroatoms. The number of rotatable bonds is 3. The smallest absolute Gasteiger partial charge is 0.277 e. The zero-order chi connectivity index (χ0) is 15.5. The summed E-state index contributed by atoms with van der Waals surface area (Å²) in [4.78, 5) is 16.7. The lowest BCUT2D eigenvalue weighted by molar-refractivity contribution is 0.102. The largest absolute Gasteiger partial charge is 0.441 e. The van der Waals surface area contributed by atoms with Gasteiger partial charge in [-0.05, 0) is 59.8 Å². The van der Waals surface area contributed by atoms with Gasteiger partial charge >= 0.3 is 0 Å². The highest BCUT2D eigenvalue weighted by Gasteiger charge is 2.18. The average molecular weight is 404 g/mol. The van der Waals surface area contributed by atoms with E-state index in [2.05, 4.69) is 32.9 Å².